The lowest BCUT2D eigenvalue weighted by atomic mass is 10.4. The van der Waals surface area contributed by atoms with Crippen LogP contribution < -0.4 is 5.32 Å². The molecule has 0 aromatic carbocycles. The molecule has 0 unspecified atom stereocenters. The first-order valence-electron chi connectivity index (χ1n) is 4.11. The summed E-state index contributed by atoms with van der Waals surface area (Å²) < 4.78 is 0. The molecule has 0 atom stereocenters. The molecule has 68 valence electrons. The Balaban J connectivity index is 1.76. The van der Waals surface area contributed by atoms with Gasteiger partial charge in [-0.3, -0.25) is 5.10 Å². The number of nitrogens with one attached hydrogen (secondary N) is 3. The van der Waals surface area contributed by atoms with E-state index in [1.807, 2.05) is 6.07 Å². The summed E-state index contributed by atoms with van der Waals surface area (Å²) in [6.45, 7) is 1.58. The molecule has 0 aliphatic heterocycles. The number of aromatic amines is 2. The first-order chi connectivity index (χ1) is 6.45. The molecule has 0 saturated heterocycles. The molecule has 0 spiro atoms. The van der Waals surface area contributed by atoms with Gasteiger partial charge >= 0.3 is 0 Å². The predicted octanol–water partition coefficient (Wildman–Crippen LogP) is 0.423. The van der Waals surface area contributed by atoms with Crippen LogP contribution in [0.5, 0.6) is 0 Å². The van der Waals surface area contributed by atoms with Crippen molar-refractivity contribution in [2.24, 2.45) is 0 Å². The molecule has 0 aliphatic carbocycles. The van der Waals surface area contributed by atoms with Crippen molar-refractivity contribution in [3.63, 3.8) is 0 Å². The number of aromatic nitrogens is 4. The van der Waals surface area contributed by atoms with Gasteiger partial charge in [0.15, 0.2) is 0 Å². The van der Waals surface area contributed by atoms with Crippen LogP contribution in [0.2, 0.25) is 0 Å². The van der Waals surface area contributed by atoms with Crippen LogP contribution in [-0.2, 0) is 13.1 Å². The molecule has 2 aromatic rings. The van der Waals surface area contributed by atoms with Crippen molar-refractivity contribution < 1.29 is 0 Å². The van der Waals surface area contributed by atoms with Crippen LogP contribution in [0.4, 0.5) is 0 Å². The van der Waals surface area contributed by atoms with Crippen LogP contribution in [0, 0.1) is 0 Å². The molecular formula is C8H11N5. The Morgan fingerprint density at radius 3 is 2.92 bits per heavy atom. The highest BCUT2D eigenvalue weighted by atomic mass is 15.1. The van der Waals surface area contributed by atoms with E-state index in [1.165, 1.54) is 0 Å². The second-order valence-electron chi connectivity index (χ2n) is 2.76. The number of H-pyrrole nitrogens is 2. The van der Waals surface area contributed by atoms with Gasteiger partial charge in [0.2, 0.25) is 0 Å². The van der Waals surface area contributed by atoms with Crippen LogP contribution in [0.25, 0.3) is 0 Å². The molecule has 2 heterocycles. The lowest BCUT2D eigenvalue weighted by Gasteiger charge is -1.99. The Morgan fingerprint density at radius 2 is 2.23 bits per heavy atom. The van der Waals surface area contributed by atoms with E-state index in [-0.39, 0.29) is 0 Å². The fraction of sp³-hybridized carbons (Fsp3) is 0.250. The Morgan fingerprint density at radius 1 is 1.31 bits per heavy atom. The van der Waals surface area contributed by atoms with Gasteiger partial charge in [0.05, 0.1) is 6.33 Å². The topological polar surface area (TPSA) is 69.4 Å². The van der Waals surface area contributed by atoms with Gasteiger partial charge in [0.1, 0.15) is 0 Å². The minimum absolute atomic E-state index is 0.791. The van der Waals surface area contributed by atoms with Crippen molar-refractivity contribution in [3.05, 3.63) is 36.2 Å². The molecule has 0 radical (unpaired) electrons. The van der Waals surface area contributed by atoms with Gasteiger partial charge in [0, 0.05) is 36.9 Å². The van der Waals surface area contributed by atoms with E-state index in [4.69, 9.17) is 0 Å². The summed E-state index contributed by atoms with van der Waals surface area (Å²) in [5, 5.41) is 9.98. The van der Waals surface area contributed by atoms with Gasteiger partial charge < -0.3 is 10.3 Å². The Labute approximate surface area is 75.6 Å². The van der Waals surface area contributed by atoms with Gasteiger partial charge in [-0.1, -0.05) is 0 Å². The third kappa shape index (κ3) is 2.16. The van der Waals surface area contributed by atoms with Crippen molar-refractivity contribution in [3.8, 4) is 0 Å². The molecule has 2 rings (SSSR count). The summed E-state index contributed by atoms with van der Waals surface area (Å²) >= 11 is 0. The smallest absolute Gasteiger partial charge is 0.0922 e. The van der Waals surface area contributed by atoms with E-state index in [1.54, 1.807) is 18.7 Å². The molecule has 0 aliphatic rings. The first kappa shape index (κ1) is 8.00. The maximum atomic E-state index is 3.92. The van der Waals surface area contributed by atoms with Crippen LogP contribution in [0.1, 0.15) is 11.4 Å². The number of rotatable bonds is 4. The molecule has 5 heteroatoms. The molecular weight excluding hydrogens is 166 g/mol. The molecule has 5 nitrogen and oxygen atoms in total. The Hall–Kier alpha value is -1.62. The fourth-order valence-electron chi connectivity index (χ4n) is 1.10. The zero-order valence-electron chi connectivity index (χ0n) is 7.12. The highest BCUT2D eigenvalue weighted by Crippen LogP contribution is 1.93. The molecule has 13 heavy (non-hydrogen) atoms. The minimum atomic E-state index is 0.791. The molecule has 0 bridgehead atoms. The van der Waals surface area contributed by atoms with Gasteiger partial charge in [-0.05, 0) is 6.07 Å². The van der Waals surface area contributed by atoms with Gasteiger partial charge in [-0.15, -0.1) is 0 Å². The quantitative estimate of drug-likeness (QED) is 0.634. The average Bonchev–Trinajstić information content (AvgIpc) is 2.75. The summed E-state index contributed by atoms with van der Waals surface area (Å²) in [6.07, 6.45) is 5.22. The van der Waals surface area contributed by atoms with E-state index in [0.717, 1.165) is 24.5 Å². The second-order valence-corrected chi connectivity index (χ2v) is 2.76. The summed E-state index contributed by atoms with van der Waals surface area (Å²) in [5.74, 6) is 0. The highest BCUT2D eigenvalue weighted by molar-refractivity contribution is 4.98. The largest absolute Gasteiger partial charge is 0.347 e. The highest BCUT2D eigenvalue weighted by Gasteiger charge is 1.94. The summed E-state index contributed by atoms with van der Waals surface area (Å²) in [5.41, 5.74) is 2.17. The van der Waals surface area contributed by atoms with Crippen molar-refractivity contribution >= 4 is 0 Å². The molecule has 0 amide bonds. The van der Waals surface area contributed by atoms with E-state index in [0.29, 0.717) is 0 Å². The number of nitrogens with zero attached hydrogens (tertiary/aromatic N) is 2. The van der Waals surface area contributed by atoms with E-state index < -0.39 is 0 Å². The van der Waals surface area contributed by atoms with Gasteiger partial charge in [0.25, 0.3) is 0 Å². The van der Waals surface area contributed by atoms with Crippen molar-refractivity contribution in [2.75, 3.05) is 0 Å². The fourth-order valence-corrected chi connectivity index (χ4v) is 1.10. The molecule has 0 saturated carbocycles. The SMILES string of the molecule is c1cc(CNCc2cnc[nH]2)[nH]n1. The number of hydrogen-bond donors (Lipinski definition) is 3. The van der Waals surface area contributed by atoms with Gasteiger partial charge in [-0.25, -0.2) is 4.98 Å². The van der Waals surface area contributed by atoms with Crippen molar-refractivity contribution in [1.29, 1.82) is 0 Å². The van der Waals surface area contributed by atoms with E-state index in [9.17, 15) is 0 Å². The molecule has 0 fully saturated rings. The number of imidazole rings is 1. The summed E-state index contributed by atoms with van der Waals surface area (Å²) in [6, 6.07) is 1.94. The Kier molecular flexibility index (Phi) is 2.38. The number of hydrogen-bond acceptors (Lipinski definition) is 3. The van der Waals surface area contributed by atoms with Crippen LogP contribution in [-0.4, -0.2) is 20.2 Å². The zero-order valence-corrected chi connectivity index (χ0v) is 7.12. The minimum Gasteiger partial charge on any atom is -0.347 e. The standard InChI is InChI=1S/C8H11N5/c1-2-12-13-7(1)3-9-4-8-5-10-6-11-8/h1-2,5-6,9H,3-4H2,(H,10,11)(H,12,13). The summed E-state index contributed by atoms with van der Waals surface area (Å²) in [4.78, 5) is 6.94. The molecule has 3 N–H and O–H groups in total. The average molecular weight is 177 g/mol. The maximum Gasteiger partial charge on any atom is 0.0922 e. The van der Waals surface area contributed by atoms with E-state index in [2.05, 4.69) is 25.5 Å². The second kappa shape index (κ2) is 3.86. The van der Waals surface area contributed by atoms with Crippen LogP contribution in [0.3, 0.4) is 0 Å². The molecule has 2 aromatic heterocycles. The normalized spacial score (nSPS) is 10.5. The third-order valence-corrected chi connectivity index (χ3v) is 1.74. The first-order valence-corrected chi connectivity index (χ1v) is 4.11. The summed E-state index contributed by atoms with van der Waals surface area (Å²) in [7, 11) is 0. The third-order valence-electron chi connectivity index (χ3n) is 1.74. The van der Waals surface area contributed by atoms with Crippen LogP contribution >= 0.6 is 0 Å². The maximum absolute atomic E-state index is 3.92. The van der Waals surface area contributed by atoms with E-state index >= 15 is 0 Å². The lowest BCUT2D eigenvalue weighted by Crippen LogP contribution is -2.13. The lowest BCUT2D eigenvalue weighted by molar-refractivity contribution is 0.667. The Bertz CT molecular complexity index is 289. The van der Waals surface area contributed by atoms with Crippen molar-refractivity contribution in [2.45, 2.75) is 13.1 Å². The van der Waals surface area contributed by atoms with Crippen LogP contribution in [0.15, 0.2) is 24.8 Å². The monoisotopic (exact) mass is 177 g/mol. The zero-order chi connectivity index (χ0) is 8.93. The predicted molar refractivity (Wildman–Crippen MR) is 47.7 cm³/mol. The van der Waals surface area contributed by atoms with Gasteiger partial charge in [-0.2, -0.15) is 5.10 Å². The van der Waals surface area contributed by atoms with Crippen molar-refractivity contribution in [1.82, 2.24) is 25.5 Å².